The molecule has 0 radical (unpaired) electrons. The highest BCUT2D eigenvalue weighted by molar-refractivity contribution is 6.19. The molecule has 0 saturated heterocycles. The standard InChI is InChI=1S/C29H32N2O4.ClH/c1-32-26-11-9-20(17-28(26)34-3)13-15-30-24-19-25(23-8-6-5-7-22(23)24)31-16-14-21-10-12-27(33-2)29(18-21)35-4;/h5-12,17-19,30H,13-16H2,1-4H3;1H. The van der Waals surface area contributed by atoms with E-state index in [1.165, 1.54) is 11.1 Å². The van der Waals surface area contributed by atoms with Crippen LogP contribution in [0.4, 0.5) is 0 Å². The smallest absolute Gasteiger partial charge is 0.160 e. The minimum Gasteiger partial charge on any atom is -0.493 e. The topological polar surface area (TPSA) is 61.3 Å². The summed E-state index contributed by atoms with van der Waals surface area (Å²) < 4.78 is 21.5. The van der Waals surface area contributed by atoms with Crippen LogP contribution in [0.15, 0.2) is 71.7 Å². The minimum atomic E-state index is 0. The Kier molecular flexibility index (Phi) is 9.65. The van der Waals surface area contributed by atoms with Crippen molar-refractivity contribution in [2.24, 2.45) is 4.99 Å². The second-order valence-electron chi connectivity index (χ2n) is 8.18. The van der Waals surface area contributed by atoms with Crippen LogP contribution in [0.1, 0.15) is 22.3 Å². The number of halogens is 1. The van der Waals surface area contributed by atoms with Gasteiger partial charge in [0.2, 0.25) is 0 Å². The quantitative estimate of drug-likeness (QED) is 0.378. The van der Waals surface area contributed by atoms with Gasteiger partial charge in [-0.3, -0.25) is 4.99 Å². The Morgan fingerprint density at radius 3 is 1.81 bits per heavy atom. The highest BCUT2D eigenvalue weighted by atomic mass is 35.5. The molecule has 4 rings (SSSR count). The lowest BCUT2D eigenvalue weighted by Crippen LogP contribution is -2.15. The first-order valence-electron chi connectivity index (χ1n) is 11.7. The average molecular weight is 509 g/mol. The number of nitrogens with zero attached hydrogens (tertiary/aromatic N) is 1. The largest absolute Gasteiger partial charge is 0.493 e. The number of nitrogens with one attached hydrogen (secondary N) is 1. The van der Waals surface area contributed by atoms with E-state index < -0.39 is 0 Å². The van der Waals surface area contributed by atoms with Gasteiger partial charge in [-0.2, -0.15) is 0 Å². The van der Waals surface area contributed by atoms with Crippen LogP contribution >= 0.6 is 12.4 Å². The van der Waals surface area contributed by atoms with Gasteiger partial charge in [0.25, 0.3) is 0 Å². The van der Waals surface area contributed by atoms with Gasteiger partial charge in [0, 0.05) is 29.9 Å². The third-order valence-electron chi connectivity index (χ3n) is 6.08. The van der Waals surface area contributed by atoms with Crippen molar-refractivity contribution in [1.29, 1.82) is 0 Å². The van der Waals surface area contributed by atoms with Crippen LogP contribution < -0.4 is 24.3 Å². The first kappa shape index (κ1) is 27.0. The van der Waals surface area contributed by atoms with Gasteiger partial charge < -0.3 is 24.3 Å². The normalized spacial score (nSPS) is 12.9. The van der Waals surface area contributed by atoms with Crippen molar-refractivity contribution >= 4 is 23.8 Å². The Morgan fingerprint density at radius 2 is 1.22 bits per heavy atom. The molecule has 0 atom stereocenters. The van der Waals surface area contributed by atoms with Gasteiger partial charge in [0.15, 0.2) is 23.0 Å². The monoisotopic (exact) mass is 508 g/mol. The summed E-state index contributed by atoms with van der Waals surface area (Å²) in [5, 5.41) is 3.60. The molecular weight excluding hydrogens is 476 g/mol. The van der Waals surface area contributed by atoms with Crippen LogP contribution in [0.5, 0.6) is 23.0 Å². The van der Waals surface area contributed by atoms with Crippen LogP contribution in [-0.2, 0) is 12.8 Å². The fourth-order valence-corrected chi connectivity index (χ4v) is 4.23. The summed E-state index contributed by atoms with van der Waals surface area (Å²) in [6.07, 6.45) is 3.83. The average Bonchev–Trinajstić information content (AvgIpc) is 3.26. The van der Waals surface area contributed by atoms with Gasteiger partial charge in [-0.15, -0.1) is 12.4 Å². The molecule has 0 bridgehead atoms. The van der Waals surface area contributed by atoms with Crippen LogP contribution in [0.3, 0.4) is 0 Å². The molecule has 7 heteroatoms. The van der Waals surface area contributed by atoms with Crippen LogP contribution in [0, 0.1) is 0 Å². The van der Waals surface area contributed by atoms with E-state index in [4.69, 9.17) is 23.9 Å². The van der Waals surface area contributed by atoms with Crippen molar-refractivity contribution in [2.75, 3.05) is 41.5 Å². The van der Waals surface area contributed by atoms with E-state index >= 15 is 0 Å². The number of aliphatic imine (C=N–C) groups is 1. The van der Waals surface area contributed by atoms with Gasteiger partial charge in [-0.05, 0) is 54.3 Å². The summed E-state index contributed by atoms with van der Waals surface area (Å²) in [5.41, 5.74) is 6.81. The predicted octanol–water partition coefficient (Wildman–Crippen LogP) is 5.36. The van der Waals surface area contributed by atoms with Crippen molar-refractivity contribution in [3.05, 3.63) is 89.0 Å². The fraction of sp³-hybridized carbons (Fsp3) is 0.276. The lowest BCUT2D eigenvalue weighted by molar-refractivity contribution is 0.354. The molecule has 0 amide bonds. The van der Waals surface area contributed by atoms with Crippen LogP contribution in [0.25, 0.3) is 5.70 Å². The number of hydrogen-bond acceptors (Lipinski definition) is 6. The number of allylic oxidation sites excluding steroid dienone is 1. The number of ether oxygens (including phenoxy) is 4. The molecule has 1 N–H and O–H groups in total. The first-order valence-corrected chi connectivity index (χ1v) is 11.7. The van der Waals surface area contributed by atoms with Crippen molar-refractivity contribution in [2.45, 2.75) is 12.8 Å². The van der Waals surface area contributed by atoms with E-state index in [9.17, 15) is 0 Å². The molecule has 6 nitrogen and oxygen atoms in total. The first-order chi connectivity index (χ1) is 17.2. The van der Waals surface area contributed by atoms with Gasteiger partial charge in [-0.25, -0.2) is 0 Å². The summed E-state index contributed by atoms with van der Waals surface area (Å²) >= 11 is 0. The molecule has 0 aliphatic heterocycles. The zero-order valence-electron chi connectivity index (χ0n) is 21.2. The minimum absolute atomic E-state index is 0. The molecule has 36 heavy (non-hydrogen) atoms. The molecule has 190 valence electrons. The maximum absolute atomic E-state index is 5.43. The van der Waals surface area contributed by atoms with Crippen molar-refractivity contribution in [3.8, 4) is 23.0 Å². The molecule has 3 aromatic rings. The van der Waals surface area contributed by atoms with E-state index in [1.807, 2.05) is 24.3 Å². The second-order valence-corrected chi connectivity index (χ2v) is 8.18. The summed E-state index contributed by atoms with van der Waals surface area (Å²) in [6.45, 7) is 1.49. The zero-order chi connectivity index (χ0) is 24.6. The fourth-order valence-electron chi connectivity index (χ4n) is 4.23. The number of hydrogen-bond donors (Lipinski definition) is 1. The highest BCUT2D eigenvalue weighted by Crippen LogP contribution is 2.29. The van der Waals surface area contributed by atoms with Gasteiger partial charge in [-0.1, -0.05) is 36.4 Å². The molecular formula is C29H33ClN2O4. The van der Waals surface area contributed by atoms with E-state index in [1.54, 1.807) is 28.4 Å². The van der Waals surface area contributed by atoms with Crippen LogP contribution in [-0.4, -0.2) is 47.2 Å². The Bertz CT molecular complexity index is 1240. The molecule has 1 aliphatic rings. The highest BCUT2D eigenvalue weighted by Gasteiger charge is 2.18. The Balaban J connectivity index is 0.00000361. The van der Waals surface area contributed by atoms with Crippen molar-refractivity contribution in [1.82, 2.24) is 5.32 Å². The molecule has 0 unspecified atom stereocenters. The third-order valence-corrected chi connectivity index (χ3v) is 6.08. The Morgan fingerprint density at radius 1 is 0.667 bits per heavy atom. The van der Waals surface area contributed by atoms with Gasteiger partial charge >= 0.3 is 0 Å². The Labute approximate surface area is 219 Å². The Hall–Kier alpha value is -3.64. The molecule has 0 aromatic heterocycles. The molecule has 0 spiro atoms. The third kappa shape index (κ3) is 6.13. The molecule has 3 aromatic carbocycles. The number of methoxy groups -OCH3 is 4. The number of benzene rings is 3. The van der Waals surface area contributed by atoms with Gasteiger partial charge in [0.1, 0.15) is 0 Å². The number of fused-ring (bicyclic) bond motifs is 1. The lowest BCUT2D eigenvalue weighted by Gasteiger charge is -2.11. The lowest BCUT2D eigenvalue weighted by atomic mass is 10.1. The van der Waals surface area contributed by atoms with E-state index in [0.717, 1.165) is 64.9 Å². The van der Waals surface area contributed by atoms with E-state index in [0.29, 0.717) is 6.54 Å². The molecule has 0 heterocycles. The zero-order valence-corrected chi connectivity index (χ0v) is 22.0. The van der Waals surface area contributed by atoms with Crippen molar-refractivity contribution < 1.29 is 18.9 Å². The second kappa shape index (κ2) is 12.9. The maximum atomic E-state index is 5.43. The van der Waals surface area contributed by atoms with E-state index in [-0.39, 0.29) is 12.4 Å². The summed E-state index contributed by atoms with van der Waals surface area (Å²) in [7, 11) is 6.61. The summed E-state index contributed by atoms with van der Waals surface area (Å²) in [6, 6.07) is 20.4. The molecule has 1 aliphatic carbocycles. The maximum Gasteiger partial charge on any atom is 0.160 e. The number of rotatable bonds is 11. The van der Waals surface area contributed by atoms with Crippen LogP contribution in [0.2, 0.25) is 0 Å². The van der Waals surface area contributed by atoms with E-state index in [2.05, 4.69) is 47.8 Å². The predicted molar refractivity (Wildman–Crippen MR) is 148 cm³/mol. The molecule has 0 saturated carbocycles. The van der Waals surface area contributed by atoms with Gasteiger partial charge in [0.05, 0.1) is 34.2 Å². The summed E-state index contributed by atoms with van der Waals surface area (Å²) in [4.78, 5) is 4.91. The molecule has 0 fully saturated rings. The SMILES string of the molecule is COc1ccc(CCN=C2C=C(NCCc3ccc(OC)c(OC)c3)c3ccccc32)cc1OC.Cl. The van der Waals surface area contributed by atoms with Crippen molar-refractivity contribution in [3.63, 3.8) is 0 Å². The summed E-state index contributed by atoms with van der Waals surface area (Å²) in [5.74, 6) is 2.97.